The van der Waals surface area contributed by atoms with Gasteiger partial charge in [-0.05, 0) is 37.7 Å². The summed E-state index contributed by atoms with van der Waals surface area (Å²) in [6, 6.07) is 3.51. The minimum Gasteiger partial charge on any atom is -0.272 e. The molecule has 0 amide bonds. The maximum atomic E-state index is 11.0. The molecule has 2 aliphatic rings. The highest BCUT2D eigenvalue weighted by molar-refractivity contribution is 5.90. The van der Waals surface area contributed by atoms with Gasteiger partial charge in [0.15, 0.2) is 0 Å². The molecule has 8 nitrogen and oxygen atoms in total. The zero-order valence-corrected chi connectivity index (χ0v) is 11.2. The average molecular weight is 290 g/mol. The van der Waals surface area contributed by atoms with E-state index in [2.05, 4.69) is 10.5 Å². The van der Waals surface area contributed by atoms with Gasteiger partial charge in [0, 0.05) is 17.7 Å². The Morgan fingerprint density at radius 2 is 2.05 bits per heavy atom. The predicted molar refractivity (Wildman–Crippen MR) is 76.3 cm³/mol. The van der Waals surface area contributed by atoms with Gasteiger partial charge in [-0.25, -0.2) is 0 Å². The van der Waals surface area contributed by atoms with E-state index >= 15 is 0 Å². The van der Waals surface area contributed by atoms with E-state index in [0.717, 1.165) is 37.0 Å². The minimum atomic E-state index is -0.654. The van der Waals surface area contributed by atoms with Gasteiger partial charge in [0.25, 0.3) is 5.69 Å². The lowest BCUT2D eigenvalue weighted by atomic mass is 9.99. The van der Waals surface area contributed by atoms with Crippen molar-refractivity contribution in [2.75, 3.05) is 5.43 Å². The van der Waals surface area contributed by atoms with Gasteiger partial charge in [-0.3, -0.25) is 25.7 Å². The fraction of sp³-hybridized carbons (Fsp3) is 0.462. The molecule has 0 bridgehead atoms. The van der Waals surface area contributed by atoms with Crippen LogP contribution in [0.15, 0.2) is 23.3 Å². The lowest BCUT2D eigenvalue weighted by Gasteiger charge is -2.12. The highest BCUT2D eigenvalue weighted by Gasteiger charge is 2.43. The summed E-state index contributed by atoms with van der Waals surface area (Å²) in [5.41, 5.74) is 3.31. The molecule has 2 fully saturated rings. The first-order chi connectivity index (χ1) is 10.1. The summed E-state index contributed by atoms with van der Waals surface area (Å²) >= 11 is 0. The number of nitro groups is 2. The van der Waals surface area contributed by atoms with Gasteiger partial charge in [0.2, 0.25) is 0 Å². The Hall–Kier alpha value is -2.51. The Labute approximate surface area is 120 Å². The first-order valence-corrected chi connectivity index (χ1v) is 6.81. The normalized spacial score (nSPS) is 25.2. The topological polar surface area (TPSA) is 111 Å². The third kappa shape index (κ3) is 2.69. The molecular formula is C13H14N4O4. The maximum Gasteiger partial charge on any atom is 0.301 e. The van der Waals surface area contributed by atoms with Crippen molar-refractivity contribution in [2.24, 2.45) is 16.9 Å². The van der Waals surface area contributed by atoms with Gasteiger partial charge >= 0.3 is 5.69 Å². The van der Waals surface area contributed by atoms with Crippen LogP contribution >= 0.6 is 0 Å². The summed E-state index contributed by atoms with van der Waals surface area (Å²) in [6.45, 7) is 0. The van der Waals surface area contributed by atoms with E-state index in [1.165, 1.54) is 18.6 Å². The van der Waals surface area contributed by atoms with Gasteiger partial charge in [0.05, 0.1) is 15.9 Å². The number of hydrazone groups is 1. The molecule has 2 saturated carbocycles. The first kappa shape index (κ1) is 13.5. The van der Waals surface area contributed by atoms with E-state index in [1.54, 1.807) is 0 Å². The Balaban J connectivity index is 1.83. The van der Waals surface area contributed by atoms with Crippen LogP contribution in [0.4, 0.5) is 17.1 Å². The van der Waals surface area contributed by atoms with E-state index < -0.39 is 9.85 Å². The fourth-order valence-electron chi connectivity index (χ4n) is 2.86. The van der Waals surface area contributed by atoms with Gasteiger partial charge in [0.1, 0.15) is 5.69 Å². The molecule has 0 aliphatic heterocycles. The number of hydrogen-bond acceptors (Lipinski definition) is 6. The van der Waals surface area contributed by atoms with Crippen LogP contribution in [-0.4, -0.2) is 15.6 Å². The number of hydrogen-bond donors (Lipinski definition) is 1. The predicted octanol–water partition coefficient (Wildman–Crippen LogP) is 3.09. The van der Waals surface area contributed by atoms with Gasteiger partial charge in [-0.2, -0.15) is 5.10 Å². The van der Waals surface area contributed by atoms with Gasteiger partial charge in [-0.1, -0.05) is 0 Å². The average Bonchev–Trinajstić information content (AvgIpc) is 3.24. The molecule has 3 rings (SSSR count). The highest BCUT2D eigenvalue weighted by Crippen LogP contribution is 2.47. The zero-order valence-electron chi connectivity index (χ0n) is 11.2. The Morgan fingerprint density at radius 1 is 1.24 bits per heavy atom. The van der Waals surface area contributed by atoms with Crippen molar-refractivity contribution in [3.63, 3.8) is 0 Å². The lowest BCUT2D eigenvalue weighted by molar-refractivity contribution is -0.393. The second kappa shape index (κ2) is 5.12. The second-order valence-electron chi connectivity index (χ2n) is 5.43. The first-order valence-electron chi connectivity index (χ1n) is 6.81. The van der Waals surface area contributed by atoms with Gasteiger partial charge < -0.3 is 0 Å². The molecule has 0 spiro atoms. The molecule has 21 heavy (non-hydrogen) atoms. The van der Waals surface area contributed by atoms with Crippen LogP contribution in [0.25, 0.3) is 0 Å². The Morgan fingerprint density at radius 3 is 2.76 bits per heavy atom. The van der Waals surface area contributed by atoms with Gasteiger partial charge in [-0.15, -0.1) is 0 Å². The molecule has 0 heterocycles. The number of benzene rings is 1. The van der Waals surface area contributed by atoms with E-state index in [9.17, 15) is 20.2 Å². The van der Waals surface area contributed by atoms with E-state index in [1.807, 2.05) is 0 Å². The number of fused-ring (bicyclic) bond motifs is 1. The van der Waals surface area contributed by atoms with Crippen LogP contribution in [0.2, 0.25) is 0 Å². The van der Waals surface area contributed by atoms with Crippen molar-refractivity contribution in [3.05, 3.63) is 38.4 Å². The fourth-order valence-corrected chi connectivity index (χ4v) is 2.86. The quantitative estimate of drug-likeness (QED) is 0.676. The van der Waals surface area contributed by atoms with Crippen LogP contribution in [0, 0.1) is 32.1 Å². The zero-order chi connectivity index (χ0) is 15.0. The monoisotopic (exact) mass is 290 g/mol. The SMILES string of the molecule is O=[N+]([O-])c1ccc(N/N=C2\CCC[C@H]3C[C@H]23)c([N+](=O)[O-])c1. The van der Waals surface area contributed by atoms with Crippen LogP contribution in [0.5, 0.6) is 0 Å². The third-order valence-corrected chi connectivity index (χ3v) is 4.07. The molecule has 0 saturated heterocycles. The van der Waals surface area contributed by atoms with Crippen LogP contribution < -0.4 is 5.43 Å². The molecule has 110 valence electrons. The molecule has 0 radical (unpaired) electrons. The molecule has 8 heteroatoms. The molecule has 2 aliphatic carbocycles. The molecule has 1 aromatic carbocycles. The summed E-state index contributed by atoms with van der Waals surface area (Å²) in [4.78, 5) is 20.4. The van der Waals surface area contributed by atoms with Crippen molar-refractivity contribution < 1.29 is 9.85 Å². The molecule has 2 atom stereocenters. The number of anilines is 1. The summed E-state index contributed by atoms with van der Waals surface area (Å²) in [7, 11) is 0. The molecule has 1 N–H and O–H groups in total. The van der Waals surface area contributed by atoms with E-state index in [-0.39, 0.29) is 17.1 Å². The van der Waals surface area contributed by atoms with Crippen molar-refractivity contribution in [2.45, 2.75) is 25.7 Å². The number of nitrogens with one attached hydrogen (secondary N) is 1. The van der Waals surface area contributed by atoms with E-state index in [4.69, 9.17) is 0 Å². The van der Waals surface area contributed by atoms with Crippen LogP contribution in [0.3, 0.4) is 0 Å². The summed E-state index contributed by atoms with van der Waals surface area (Å²) in [6.07, 6.45) is 4.41. The number of rotatable bonds is 4. The van der Waals surface area contributed by atoms with Crippen molar-refractivity contribution in [3.8, 4) is 0 Å². The molecular weight excluding hydrogens is 276 g/mol. The van der Waals surface area contributed by atoms with Crippen molar-refractivity contribution in [1.82, 2.24) is 0 Å². The van der Waals surface area contributed by atoms with Crippen molar-refractivity contribution in [1.29, 1.82) is 0 Å². The lowest BCUT2D eigenvalue weighted by Crippen LogP contribution is -2.11. The number of nitrogens with zero attached hydrogens (tertiary/aromatic N) is 3. The summed E-state index contributed by atoms with van der Waals surface area (Å²) in [5, 5.41) is 26.0. The smallest absolute Gasteiger partial charge is 0.272 e. The largest absolute Gasteiger partial charge is 0.301 e. The maximum absolute atomic E-state index is 11.0. The van der Waals surface area contributed by atoms with Crippen LogP contribution in [0.1, 0.15) is 25.7 Å². The number of non-ortho nitro benzene ring substituents is 1. The Kier molecular flexibility index (Phi) is 3.28. The molecule has 0 unspecified atom stereocenters. The summed E-state index contributed by atoms with van der Waals surface area (Å²) < 4.78 is 0. The summed E-state index contributed by atoms with van der Waals surface area (Å²) in [5.74, 6) is 1.24. The minimum absolute atomic E-state index is 0.181. The van der Waals surface area contributed by atoms with Crippen LogP contribution in [-0.2, 0) is 0 Å². The molecule has 1 aromatic rings. The standard InChI is InChI=1S/C13H14N4O4/c18-16(19)9-4-5-12(13(7-9)17(20)21)15-14-11-3-1-2-8-6-10(8)11/h4-5,7-8,10,15H,1-3,6H2/b14-11+/t8-,10-/m0/s1. The highest BCUT2D eigenvalue weighted by atomic mass is 16.6. The number of nitro benzene ring substituents is 2. The van der Waals surface area contributed by atoms with E-state index in [0.29, 0.717) is 5.92 Å². The van der Waals surface area contributed by atoms with Crippen molar-refractivity contribution >= 4 is 22.8 Å². The third-order valence-electron chi connectivity index (χ3n) is 4.07. The second-order valence-corrected chi connectivity index (χ2v) is 5.43. The Bertz CT molecular complexity index is 643. The molecule has 0 aromatic heterocycles.